The number of pyridine rings is 2. The maximum atomic E-state index is 13.4. The van der Waals surface area contributed by atoms with Crippen molar-refractivity contribution in [2.75, 3.05) is 12.3 Å². The molecular weight excluding hydrogens is 385 g/mol. The molecule has 0 aliphatic heterocycles. The summed E-state index contributed by atoms with van der Waals surface area (Å²) in [6.07, 6.45) is -3.46. The van der Waals surface area contributed by atoms with E-state index in [0.717, 1.165) is 17.7 Å². The Kier molecular flexibility index (Phi) is 5.79. The van der Waals surface area contributed by atoms with Crippen molar-refractivity contribution in [3.8, 4) is 5.88 Å². The molecule has 1 aromatic carbocycles. The third kappa shape index (κ3) is 4.69. The quantitative estimate of drug-likeness (QED) is 0.585. The number of carbonyl (C=O) groups is 1. The summed E-state index contributed by atoms with van der Waals surface area (Å²) in [5, 5.41) is 0. The molecule has 3 aromatic rings. The number of nitrogen functional groups attached to an aromatic ring is 1. The van der Waals surface area contributed by atoms with E-state index in [9.17, 15) is 18.0 Å². The number of rotatable bonds is 6. The van der Waals surface area contributed by atoms with E-state index in [0.29, 0.717) is 0 Å². The minimum absolute atomic E-state index is 0. The van der Waals surface area contributed by atoms with Gasteiger partial charge >= 0.3 is 6.18 Å². The summed E-state index contributed by atoms with van der Waals surface area (Å²) in [7, 11) is 0. The van der Waals surface area contributed by atoms with Crippen LogP contribution in [0.5, 0.6) is 5.88 Å². The molecule has 0 spiro atoms. The molecular formula is C20H25F3N4O2. The summed E-state index contributed by atoms with van der Waals surface area (Å²) in [6.45, 7) is -0.0367. The molecule has 0 aliphatic carbocycles. The van der Waals surface area contributed by atoms with Crippen molar-refractivity contribution >= 4 is 11.6 Å². The van der Waals surface area contributed by atoms with E-state index in [4.69, 9.17) is 16.2 Å². The number of carbonyl (C=O) groups excluding carboxylic acids is 1. The lowest BCUT2D eigenvalue weighted by molar-refractivity contribution is -0.138. The number of halogens is 3. The average Bonchev–Trinajstić information content (AvgIpc) is 2.71. The average molecular weight is 410 g/mol. The van der Waals surface area contributed by atoms with Crippen LogP contribution in [0, 0.1) is 0 Å². The number of hydrogen-bond acceptors (Lipinski definition) is 6. The first-order chi connectivity index (χ1) is 13.8. The van der Waals surface area contributed by atoms with E-state index in [1.54, 1.807) is 24.3 Å². The SMILES string of the molecule is Nc1ncccc1C(=O)c1nc(OCC(N)c2ccccc2)ccc1C(F)(F)F.[HH].[HH].[HH].[HH]. The zero-order chi connectivity index (χ0) is 21.0. The highest BCUT2D eigenvalue weighted by Gasteiger charge is 2.37. The molecule has 0 radical (unpaired) electrons. The zero-order valence-electron chi connectivity index (χ0n) is 15.1. The smallest absolute Gasteiger partial charge is 0.418 e. The van der Waals surface area contributed by atoms with Crippen LogP contribution in [0.4, 0.5) is 19.0 Å². The Morgan fingerprint density at radius 1 is 1.10 bits per heavy atom. The third-order valence-corrected chi connectivity index (χ3v) is 4.11. The predicted molar refractivity (Wildman–Crippen MR) is 109 cm³/mol. The second kappa shape index (κ2) is 8.27. The molecule has 0 aliphatic rings. The predicted octanol–water partition coefficient (Wildman–Crippen LogP) is 4.37. The van der Waals surface area contributed by atoms with E-state index in [1.807, 2.05) is 6.07 Å². The summed E-state index contributed by atoms with van der Waals surface area (Å²) >= 11 is 0. The molecule has 6 nitrogen and oxygen atoms in total. The van der Waals surface area contributed by atoms with Gasteiger partial charge in [-0.3, -0.25) is 4.79 Å². The molecule has 0 fully saturated rings. The molecule has 1 unspecified atom stereocenters. The summed E-state index contributed by atoms with van der Waals surface area (Å²) in [6, 6.07) is 13.0. The van der Waals surface area contributed by atoms with Crippen molar-refractivity contribution in [3.63, 3.8) is 0 Å². The molecule has 158 valence electrons. The number of aromatic nitrogens is 2. The molecule has 0 bridgehead atoms. The molecule has 0 saturated heterocycles. The van der Waals surface area contributed by atoms with Gasteiger partial charge in [0.05, 0.1) is 17.2 Å². The Hall–Kier alpha value is -3.46. The van der Waals surface area contributed by atoms with Gasteiger partial charge in [-0.1, -0.05) is 30.3 Å². The number of benzene rings is 1. The summed E-state index contributed by atoms with van der Waals surface area (Å²) in [4.78, 5) is 20.2. The van der Waals surface area contributed by atoms with Crippen molar-refractivity contribution in [1.82, 2.24) is 9.97 Å². The second-order valence-electron chi connectivity index (χ2n) is 6.14. The van der Waals surface area contributed by atoms with E-state index in [1.165, 1.54) is 18.3 Å². The fourth-order valence-electron chi connectivity index (χ4n) is 2.63. The fraction of sp³-hybridized carbons (Fsp3) is 0.150. The third-order valence-electron chi connectivity index (χ3n) is 4.11. The van der Waals surface area contributed by atoms with Crippen LogP contribution < -0.4 is 16.2 Å². The molecule has 29 heavy (non-hydrogen) atoms. The molecule has 0 amide bonds. The molecule has 0 saturated carbocycles. The minimum Gasteiger partial charge on any atom is -0.476 e. The van der Waals surface area contributed by atoms with Crippen LogP contribution in [0.1, 0.15) is 38.9 Å². The number of ketones is 1. The van der Waals surface area contributed by atoms with Gasteiger partial charge in [0, 0.05) is 18.0 Å². The van der Waals surface area contributed by atoms with Gasteiger partial charge < -0.3 is 16.2 Å². The van der Waals surface area contributed by atoms with Crippen LogP contribution in [-0.2, 0) is 6.18 Å². The first kappa shape index (κ1) is 20.3. The Bertz CT molecular complexity index is 1030. The van der Waals surface area contributed by atoms with Crippen molar-refractivity contribution in [2.45, 2.75) is 12.2 Å². The van der Waals surface area contributed by atoms with E-state index in [-0.39, 0.29) is 29.6 Å². The van der Waals surface area contributed by atoms with Gasteiger partial charge in [0.15, 0.2) is 0 Å². The van der Waals surface area contributed by atoms with Crippen LogP contribution in [0.25, 0.3) is 0 Å². The van der Waals surface area contributed by atoms with Crippen LogP contribution in [0.3, 0.4) is 0 Å². The van der Waals surface area contributed by atoms with E-state index in [2.05, 4.69) is 9.97 Å². The monoisotopic (exact) mass is 410 g/mol. The van der Waals surface area contributed by atoms with Crippen LogP contribution >= 0.6 is 0 Å². The normalized spacial score (nSPS) is 12.4. The van der Waals surface area contributed by atoms with Gasteiger partial charge in [-0.25, -0.2) is 9.97 Å². The van der Waals surface area contributed by atoms with Crippen molar-refractivity contribution in [2.24, 2.45) is 5.73 Å². The maximum absolute atomic E-state index is 13.4. The number of nitrogens with two attached hydrogens (primary N) is 2. The standard InChI is InChI=1S/C20H17F3N4O2.4H2/c21-20(22,23)14-8-9-16(29-11-15(24)12-5-2-1-3-6-12)27-17(14)18(28)13-7-4-10-26-19(13)25;;;;/h1-10,15H,11,24H2,(H2,25,26);4*1H. The molecule has 4 N–H and O–H groups in total. The van der Waals surface area contributed by atoms with Gasteiger partial charge in [-0.15, -0.1) is 0 Å². The molecule has 2 aromatic heterocycles. The highest BCUT2D eigenvalue weighted by atomic mass is 19.4. The van der Waals surface area contributed by atoms with Gasteiger partial charge in [0.2, 0.25) is 11.7 Å². The van der Waals surface area contributed by atoms with Crippen molar-refractivity contribution in [3.05, 3.63) is 83.2 Å². The van der Waals surface area contributed by atoms with Gasteiger partial charge in [-0.05, 0) is 23.8 Å². The van der Waals surface area contributed by atoms with Crippen molar-refractivity contribution in [1.29, 1.82) is 0 Å². The number of alkyl halides is 3. The lowest BCUT2D eigenvalue weighted by atomic mass is 10.0. The number of nitrogens with zero attached hydrogens (tertiary/aromatic N) is 2. The Labute approximate surface area is 170 Å². The highest BCUT2D eigenvalue weighted by Crippen LogP contribution is 2.33. The van der Waals surface area contributed by atoms with E-state index < -0.39 is 29.3 Å². The Morgan fingerprint density at radius 2 is 1.83 bits per heavy atom. The Morgan fingerprint density at radius 3 is 2.48 bits per heavy atom. The van der Waals surface area contributed by atoms with Gasteiger partial charge in [-0.2, -0.15) is 13.2 Å². The summed E-state index contributed by atoms with van der Waals surface area (Å²) in [5.74, 6) is -1.35. The maximum Gasteiger partial charge on any atom is 0.418 e. The van der Waals surface area contributed by atoms with Gasteiger partial charge in [0.1, 0.15) is 18.1 Å². The fourth-order valence-corrected chi connectivity index (χ4v) is 2.63. The topological polar surface area (TPSA) is 104 Å². The lowest BCUT2D eigenvalue weighted by Crippen LogP contribution is -2.21. The van der Waals surface area contributed by atoms with Crippen molar-refractivity contribution < 1.29 is 28.4 Å². The lowest BCUT2D eigenvalue weighted by Gasteiger charge is -2.16. The molecule has 3 rings (SSSR count). The molecule has 2 heterocycles. The van der Waals surface area contributed by atoms with Gasteiger partial charge in [0.25, 0.3) is 0 Å². The largest absolute Gasteiger partial charge is 0.476 e. The highest BCUT2D eigenvalue weighted by molar-refractivity contribution is 6.11. The number of ether oxygens (including phenoxy) is 1. The number of anilines is 1. The molecule has 1 atom stereocenters. The first-order valence-corrected chi connectivity index (χ1v) is 8.54. The van der Waals surface area contributed by atoms with Crippen LogP contribution in [0.15, 0.2) is 60.8 Å². The second-order valence-corrected chi connectivity index (χ2v) is 6.14. The van der Waals surface area contributed by atoms with Crippen LogP contribution in [0.2, 0.25) is 0 Å². The molecule has 9 heteroatoms. The minimum atomic E-state index is -4.78. The summed E-state index contributed by atoms with van der Waals surface area (Å²) in [5.41, 5.74) is 10.3. The first-order valence-electron chi connectivity index (χ1n) is 8.54. The Balaban J connectivity index is 0. The van der Waals surface area contributed by atoms with E-state index >= 15 is 0 Å². The summed E-state index contributed by atoms with van der Waals surface area (Å²) < 4.78 is 45.6. The zero-order valence-corrected chi connectivity index (χ0v) is 15.1. The van der Waals surface area contributed by atoms with Crippen LogP contribution in [-0.4, -0.2) is 22.4 Å². The number of hydrogen-bond donors (Lipinski definition) is 2.